The van der Waals surface area contributed by atoms with Gasteiger partial charge < -0.3 is 9.73 Å². The molecule has 1 heterocycles. The lowest BCUT2D eigenvalue weighted by molar-refractivity contribution is 0.0909. The van der Waals surface area contributed by atoms with Crippen LogP contribution < -0.4 is 5.32 Å². The minimum Gasteiger partial charge on any atom is -0.455 e. The molecule has 1 N–H and O–H groups in total. The van der Waals surface area contributed by atoms with Crippen LogP contribution in [0.1, 0.15) is 49.6 Å². The number of carbonyl (C=O) groups excluding carboxylic acids is 1. The zero-order valence-corrected chi connectivity index (χ0v) is 14.7. The molecule has 0 saturated carbocycles. The van der Waals surface area contributed by atoms with Crippen LogP contribution in [-0.4, -0.2) is 22.9 Å². The molecule has 0 aliphatic heterocycles. The second kappa shape index (κ2) is 8.11. The molecule has 0 unspecified atom stereocenters. The summed E-state index contributed by atoms with van der Waals surface area (Å²) >= 11 is 0. The smallest absolute Gasteiger partial charge is 0.287 e. The highest BCUT2D eigenvalue weighted by Gasteiger charge is 2.16. The van der Waals surface area contributed by atoms with Gasteiger partial charge in [0.25, 0.3) is 5.91 Å². The van der Waals surface area contributed by atoms with Crippen LogP contribution in [0.4, 0.5) is 4.39 Å². The molecule has 1 aromatic heterocycles. The SMILES string of the molecule is CC(C)NC(=O)c1ccc(CN(Cc2ccc(F)cc2)C(C)C)o1. The summed E-state index contributed by atoms with van der Waals surface area (Å²) < 4.78 is 18.7. The molecule has 0 saturated heterocycles. The van der Waals surface area contributed by atoms with E-state index in [-0.39, 0.29) is 23.8 Å². The van der Waals surface area contributed by atoms with Gasteiger partial charge in [-0.05, 0) is 57.5 Å². The Morgan fingerprint density at radius 1 is 1.08 bits per heavy atom. The van der Waals surface area contributed by atoms with Crippen molar-refractivity contribution in [1.29, 1.82) is 0 Å². The summed E-state index contributed by atoms with van der Waals surface area (Å²) in [6.45, 7) is 9.28. The van der Waals surface area contributed by atoms with Gasteiger partial charge in [-0.1, -0.05) is 12.1 Å². The molecule has 0 spiro atoms. The van der Waals surface area contributed by atoms with Gasteiger partial charge in [0.15, 0.2) is 5.76 Å². The molecule has 1 amide bonds. The van der Waals surface area contributed by atoms with Crippen LogP contribution in [-0.2, 0) is 13.1 Å². The van der Waals surface area contributed by atoms with E-state index < -0.39 is 0 Å². The lowest BCUT2D eigenvalue weighted by atomic mass is 10.2. The minimum absolute atomic E-state index is 0.0664. The molecule has 130 valence electrons. The number of nitrogens with zero attached hydrogens (tertiary/aromatic N) is 1. The standard InChI is InChI=1S/C19H25FN2O2/c1-13(2)21-19(23)18-10-9-17(24-18)12-22(14(3)4)11-15-5-7-16(20)8-6-15/h5-10,13-14H,11-12H2,1-4H3,(H,21,23). The molecule has 2 rings (SSSR count). The number of nitrogens with one attached hydrogen (secondary N) is 1. The molecule has 0 aliphatic rings. The number of hydrogen-bond donors (Lipinski definition) is 1. The highest BCUT2D eigenvalue weighted by atomic mass is 19.1. The van der Waals surface area contributed by atoms with Crippen LogP contribution >= 0.6 is 0 Å². The van der Waals surface area contributed by atoms with Crippen LogP contribution in [0.25, 0.3) is 0 Å². The summed E-state index contributed by atoms with van der Waals surface area (Å²) in [4.78, 5) is 14.2. The van der Waals surface area contributed by atoms with Gasteiger partial charge in [0, 0.05) is 18.6 Å². The summed E-state index contributed by atoms with van der Waals surface area (Å²) in [5, 5.41) is 2.81. The average Bonchev–Trinajstić information content (AvgIpc) is 2.96. The fourth-order valence-electron chi connectivity index (χ4n) is 2.36. The van der Waals surface area contributed by atoms with Crippen LogP contribution in [0.15, 0.2) is 40.8 Å². The lowest BCUT2D eigenvalue weighted by Gasteiger charge is -2.25. The number of rotatable bonds is 7. The molecule has 4 nitrogen and oxygen atoms in total. The minimum atomic E-state index is -0.235. The van der Waals surface area contributed by atoms with Gasteiger partial charge in [-0.25, -0.2) is 4.39 Å². The van der Waals surface area contributed by atoms with Gasteiger partial charge in [0.2, 0.25) is 0 Å². The molecule has 1 aromatic carbocycles. The molecule has 0 aliphatic carbocycles. The van der Waals surface area contributed by atoms with Crippen LogP contribution in [0.3, 0.4) is 0 Å². The van der Waals surface area contributed by atoms with E-state index >= 15 is 0 Å². The predicted octanol–water partition coefficient (Wildman–Crippen LogP) is 3.97. The topological polar surface area (TPSA) is 45.5 Å². The number of furan rings is 1. The molecule has 5 heteroatoms. The molecule has 2 aromatic rings. The van der Waals surface area contributed by atoms with Crippen molar-refractivity contribution in [3.63, 3.8) is 0 Å². The van der Waals surface area contributed by atoms with Crippen LogP contribution in [0, 0.1) is 5.82 Å². The first kappa shape index (κ1) is 18.2. The third-order valence-electron chi connectivity index (χ3n) is 3.69. The predicted molar refractivity (Wildman–Crippen MR) is 92.1 cm³/mol. The summed E-state index contributed by atoms with van der Waals surface area (Å²) in [5.41, 5.74) is 1.04. The Morgan fingerprint density at radius 3 is 2.33 bits per heavy atom. The van der Waals surface area contributed by atoms with Crippen LogP contribution in [0.5, 0.6) is 0 Å². The fraction of sp³-hybridized carbons (Fsp3) is 0.421. The first-order valence-corrected chi connectivity index (χ1v) is 8.23. The Kier molecular flexibility index (Phi) is 6.15. The summed E-state index contributed by atoms with van der Waals surface area (Å²) in [5.74, 6) is 0.622. The normalized spacial score (nSPS) is 11.5. The van der Waals surface area contributed by atoms with E-state index in [0.29, 0.717) is 18.8 Å². The molecule has 0 radical (unpaired) electrons. The van der Waals surface area contributed by atoms with E-state index in [2.05, 4.69) is 24.1 Å². The van der Waals surface area contributed by atoms with Crippen molar-refractivity contribution < 1.29 is 13.6 Å². The highest BCUT2D eigenvalue weighted by Crippen LogP contribution is 2.16. The molecule has 0 bridgehead atoms. The number of benzene rings is 1. The van der Waals surface area contributed by atoms with E-state index in [4.69, 9.17) is 4.42 Å². The number of hydrogen-bond acceptors (Lipinski definition) is 3. The van der Waals surface area contributed by atoms with Gasteiger partial charge in [0.1, 0.15) is 11.6 Å². The number of halogens is 1. The Labute approximate surface area is 142 Å². The number of carbonyl (C=O) groups is 1. The molecule has 0 fully saturated rings. The van der Waals surface area contributed by atoms with Crippen molar-refractivity contribution in [3.8, 4) is 0 Å². The largest absolute Gasteiger partial charge is 0.455 e. The quantitative estimate of drug-likeness (QED) is 0.834. The van der Waals surface area contributed by atoms with Crippen molar-refractivity contribution in [2.45, 2.75) is 52.9 Å². The molecular formula is C19H25FN2O2. The maximum Gasteiger partial charge on any atom is 0.287 e. The maximum atomic E-state index is 13.0. The summed E-state index contributed by atoms with van der Waals surface area (Å²) in [7, 11) is 0. The first-order chi connectivity index (χ1) is 11.3. The Hall–Kier alpha value is -2.14. The van der Waals surface area contributed by atoms with Crippen LogP contribution in [0.2, 0.25) is 0 Å². The van der Waals surface area contributed by atoms with Gasteiger partial charge in [-0.15, -0.1) is 0 Å². The maximum absolute atomic E-state index is 13.0. The lowest BCUT2D eigenvalue weighted by Crippen LogP contribution is -2.30. The van der Waals surface area contributed by atoms with Gasteiger partial charge >= 0.3 is 0 Å². The van der Waals surface area contributed by atoms with Crippen molar-refractivity contribution in [2.24, 2.45) is 0 Å². The van der Waals surface area contributed by atoms with E-state index in [1.54, 1.807) is 18.2 Å². The van der Waals surface area contributed by atoms with Crippen molar-refractivity contribution in [3.05, 3.63) is 59.3 Å². The van der Waals surface area contributed by atoms with Crippen molar-refractivity contribution in [2.75, 3.05) is 0 Å². The average molecular weight is 332 g/mol. The monoisotopic (exact) mass is 332 g/mol. The second-order valence-electron chi connectivity index (χ2n) is 6.52. The van der Waals surface area contributed by atoms with Gasteiger partial charge in [0.05, 0.1) is 6.54 Å². The molecular weight excluding hydrogens is 307 g/mol. The van der Waals surface area contributed by atoms with E-state index in [1.165, 1.54) is 12.1 Å². The van der Waals surface area contributed by atoms with Gasteiger partial charge in [-0.2, -0.15) is 0 Å². The van der Waals surface area contributed by atoms with Crippen molar-refractivity contribution in [1.82, 2.24) is 10.2 Å². The second-order valence-corrected chi connectivity index (χ2v) is 6.52. The highest BCUT2D eigenvalue weighted by molar-refractivity contribution is 5.91. The third-order valence-corrected chi connectivity index (χ3v) is 3.69. The number of amides is 1. The molecule has 0 atom stereocenters. The van der Waals surface area contributed by atoms with E-state index in [9.17, 15) is 9.18 Å². The zero-order valence-electron chi connectivity index (χ0n) is 14.7. The Bertz CT molecular complexity index is 662. The first-order valence-electron chi connectivity index (χ1n) is 8.23. The fourth-order valence-corrected chi connectivity index (χ4v) is 2.36. The van der Waals surface area contributed by atoms with Crippen molar-refractivity contribution >= 4 is 5.91 Å². The zero-order chi connectivity index (χ0) is 17.7. The van der Waals surface area contributed by atoms with E-state index in [1.807, 2.05) is 19.9 Å². The Balaban J connectivity index is 2.04. The van der Waals surface area contributed by atoms with E-state index in [0.717, 1.165) is 11.3 Å². The molecule has 24 heavy (non-hydrogen) atoms. The Morgan fingerprint density at radius 2 is 1.75 bits per heavy atom. The summed E-state index contributed by atoms with van der Waals surface area (Å²) in [6, 6.07) is 10.4. The third kappa shape index (κ3) is 5.20. The summed E-state index contributed by atoms with van der Waals surface area (Å²) in [6.07, 6.45) is 0. The van der Waals surface area contributed by atoms with Gasteiger partial charge in [-0.3, -0.25) is 9.69 Å².